The standard InChI is InChI=1S/C10H12ClN5O2S/c1-6-3-4-13-8(11)7(6)15-19(17,18)10-9(12)14-5-16(10)2/h3-5,15H,12H2,1-2H3. The molecule has 2 aromatic rings. The van der Waals surface area contributed by atoms with Crippen LogP contribution in [-0.2, 0) is 17.1 Å². The zero-order chi connectivity index (χ0) is 14.2. The second-order valence-electron chi connectivity index (χ2n) is 3.95. The van der Waals surface area contributed by atoms with E-state index < -0.39 is 10.0 Å². The van der Waals surface area contributed by atoms with Crippen LogP contribution in [0.2, 0.25) is 5.15 Å². The van der Waals surface area contributed by atoms with Crippen molar-refractivity contribution in [3.63, 3.8) is 0 Å². The summed E-state index contributed by atoms with van der Waals surface area (Å²) in [6, 6.07) is 1.65. The average molecular weight is 302 g/mol. The van der Waals surface area contributed by atoms with E-state index in [1.54, 1.807) is 13.0 Å². The summed E-state index contributed by atoms with van der Waals surface area (Å²) in [5.74, 6) is -0.0762. The Kier molecular flexibility index (Phi) is 3.38. The van der Waals surface area contributed by atoms with Crippen LogP contribution in [0.15, 0.2) is 23.6 Å². The molecule has 2 heterocycles. The summed E-state index contributed by atoms with van der Waals surface area (Å²) in [5, 5.41) is -0.0452. The number of pyridine rings is 1. The Morgan fingerprint density at radius 1 is 1.42 bits per heavy atom. The van der Waals surface area contributed by atoms with Crippen LogP contribution in [0, 0.1) is 6.92 Å². The molecule has 19 heavy (non-hydrogen) atoms. The van der Waals surface area contributed by atoms with Crippen molar-refractivity contribution in [3.05, 3.63) is 29.3 Å². The maximum atomic E-state index is 12.3. The van der Waals surface area contributed by atoms with Crippen LogP contribution in [0.4, 0.5) is 11.5 Å². The Hall–Kier alpha value is -1.80. The van der Waals surface area contributed by atoms with E-state index in [1.807, 2.05) is 0 Å². The molecule has 0 amide bonds. The molecule has 0 spiro atoms. The number of halogens is 1. The Labute approximate surface area is 115 Å². The van der Waals surface area contributed by atoms with Crippen LogP contribution in [0.25, 0.3) is 0 Å². The molecule has 0 saturated carbocycles. The fourth-order valence-electron chi connectivity index (χ4n) is 1.59. The Morgan fingerprint density at radius 3 is 2.63 bits per heavy atom. The molecule has 0 saturated heterocycles. The van der Waals surface area contributed by atoms with Gasteiger partial charge in [-0.1, -0.05) is 11.6 Å². The van der Waals surface area contributed by atoms with E-state index in [2.05, 4.69) is 14.7 Å². The van der Waals surface area contributed by atoms with Gasteiger partial charge in [-0.25, -0.2) is 9.97 Å². The van der Waals surface area contributed by atoms with E-state index in [0.717, 1.165) is 0 Å². The number of rotatable bonds is 3. The fourth-order valence-corrected chi connectivity index (χ4v) is 3.28. The summed E-state index contributed by atoms with van der Waals surface area (Å²) in [4.78, 5) is 7.58. The number of hydrogen-bond donors (Lipinski definition) is 2. The first-order chi connectivity index (χ1) is 8.83. The number of hydrogen-bond acceptors (Lipinski definition) is 5. The third kappa shape index (κ3) is 2.49. The molecule has 2 aromatic heterocycles. The van der Waals surface area contributed by atoms with Gasteiger partial charge in [0.2, 0.25) is 0 Å². The number of aromatic nitrogens is 3. The Morgan fingerprint density at radius 2 is 2.11 bits per heavy atom. The molecule has 0 fully saturated rings. The molecule has 0 aliphatic heterocycles. The van der Waals surface area contributed by atoms with Gasteiger partial charge < -0.3 is 10.3 Å². The van der Waals surface area contributed by atoms with Crippen molar-refractivity contribution in [2.75, 3.05) is 10.5 Å². The van der Waals surface area contributed by atoms with E-state index in [1.165, 1.54) is 24.1 Å². The molecular formula is C10H12ClN5O2S. The van der Waals surface area contributed by atoms with Crippen LogP contribution in [0.5, 0.6) is 0 Å². The van der Waals surface area contributed by atoms with E-state index in [9.17, 15) is 8.42 Å². The molecule has 0 aliphatic carbocycles. The van der Waals surface area contributed by atoms with E-state index in [0.29, 0.717) is 5.56 Å². The number of nitrogens with two attached hydrogens (primary N) is 1. The Bertz CT molecular complexity index is 686. The van der Waals surface area contributed by atoms with Gasteiger partial charge >= 0.3 is 0 Å². The molecule has 9 heteroatoms. The number of nitrogens with one attached hydrogen (secondary N) is 1. The topological polar surface area (TPSA) is 103 Å². The molecular weight excluding hydrogens is 290 g/mol. The van der Waals surface area contributed by atoms with Crippen LogP contribution >= 0.6 is 11.6 Å². The minimum absolute atomic E-state index is 0.0734. The predicted octanol–water partition coefficient (Wildman–Crippen LogP) is 1.16. The third-order valence-electron chi connectivity index (χ3n) is 2.51. The monoisotopic (exact) mass is 301 g/mol. The summed E-state index contributed by atoms with van der Waals surface area (Å²) >= 11 is 5.88. The highest BCUT2D eigenvalue weighted by atomic mass is 35.5. The first kappa shape index (κ1) is 13.6. The molecule has 2 rings (SSSR count). The molecule has 3 N–H and O–H groups in total. The van der Waals surface area contributed by atoms with Gasteiger partial charge in [0.25, 0.3) is 10.0 Å². The van der Waals surface area contributed by atoms with Gasteiger partial charge in [-0.05, 0) is 18.6 Å². The first-order valence-corrected chi connectivity index (χ1v) is 7.10. The average Bonchev–Trinajstić information content (AvgIpc) is 2.64. The van der Waals surface area contributed by atoms with E-state index in [-0.39, 0.29) is 21.7 Å². The maximum absolute atomic E-state index is 12.3. The molecule has 0 atom stereocenters. The number of imidazole rings is 1. The minimum atomic E-state index is -3.88. The number of anilines is 2. The second kappa shape index (κ2) is 4.71. The van der Waals surface area contributed by atoms with Gasteiger partial charge in [-0.2, -0.15) is 8.42 Å². The van der Waals surface area contributed by atoms with Gasteiger partial charge in [0.15, 0.2) is 16.0 Å². The number of nitrogen functional groups attached to an aromatic ring is 1. The third-order valence-corrected chi connectivity index (χ3v) is 4.28. The summed E-state index contributed by atoms with van der Waals surface area (Å²) in [5.41, 5.74) is 6.44. The summed E-state index contributed by atoms with van der Waals surface area (Å²) in [6.45, 7) is 1.72. The highest BCUT2D eigenvalue weighted by Crippen LogP contribution is 2.27. The van der Waals surface area contributed by atoms with Crippen molar-refractivity contribution in [2.24, 2.45) is 7.05 Å². The lowest BCUT2D eigenvalue weighted by atomic mass is 10.3. The molecule has 0 aliphatic rings. The number of aryl methyl sites for hydroxylation is 2. The van der Waals surface area contributed by atoms with Gasteiger partial charge in [-0.3, -0.25) is 4.72 Å². The smallest absolute Gasteiger partial charge is 0.281 e. The molecule has 0 unspecified atom stereocenters. The summed E-state index contributed by atoms with van der Waals surface area (Å²) in [6.07, 6.45) is 2.81. The molecule has 102 valence electrons. The summed E-state index contributed by atoms with van der Waals surface area (Å²) in [7, 11) is -2.34. The van der Waals surface area contributed by atoms with Crippen molar-refractivity contribution < 1.29 is 8.42 Å². The maximum Gasteiger partial charge on any atom is 0.281 e. The SMILES string of the molecule is Cc1ccnc(Cl)c1NS(=O)(=O)c1c(N)ncn1C. The van der Waals surface area contributed by atoms with Gasteiger partial charge in [0, 0.05) is 13.2 Å². The van der Waals surface area contributed by atoms with Crippen LogP contribution in [0.3, 0.4) is 0 Å². The van der Waals surface area contributed by atoms with Crippen LogP contribution in [-0.4, -0.2) is 23.0 Å². The zero-order valence-corrected chi connectivity index (χ0v) is 11.8. The lowest BCUT2D eigenvalue weighted by Crippen LogP contribution is -2.18. The highest BCUT2D eigenvalue weighted by molar-refractivity contribution is 7.92. The normalized spacial score (nSPS) is 11.5. The number of nitrogens with zero attached hydrogens (tertiary/aromatic N) is 3. The largest absolute Gasteiger partial charge is 0.381 e. The van der Waals surface area contributed by atoms with E-state index >= 15 is 0 Å². The summed E-state index contributed by atoms with van der Waals surface area (Å²) < 4.78 is 28.2. The first-order valence-electron chi connectivity index (χ1n) is 5.23. The quantitative estimate of drug-likeness (QED) is 0.828. The molecule has 7 nitrogen and oxygen atoms in total. The minimum Gasteiger partial charge on any atom is -0.381 e. The molecule has 0 bridgehead atoms. The molecule has 0 aromatic carbocycles. The zero-order valence-electron chi connectivity index (χ0n) is 10.3. The lowest BCUT2D eigenvalue weighted by Gasteiger charge is -2.11. The van der Waals surface area contributed by atoms with Crippen molar-refractivity contribution in [3.8, 4) is 0 Å². The van der Waals surface area contributed by atoms with Crippen molar-refractivity contribution in [2.45, 2.75) is 11.9 Å². The van der Waals surface area contributed by atoms with Gasteiger partial charge in [0.05, 0.1) is 12.0 Å². The van der Waals surface area contributed by atoms with Gasteiger partial charge in [-0.15, -0.1) is 0 Å². The van der Waals surface area contributed by atoms with Gasteiger partial charge in [0.1, 0.15) is 0 Å². The predicted molar refractivity (Wildman–Crippen MR) is 72.4 cm³/mol. The highest BCUT2D eigenvalue weighted by Gasteiger charge is 2.24. The van der Waals surface area contributed by atoms with Crippen molar-refractivity contribution >= 4 is 33.1 Å². The molecule has 0 radical (unpaired) electrons. The fraction of sp³-hybridized carbons (Fsp3) is 0.200. The Balaban J connectivity index is 2.49. The van der Waals surface area contributed by atoms with Crippen molar-refractivity contribution in [1.82, 2.24) is 14.5 Å². The second-order valence-corrected chi connectivity index (χ2v) is 5.90. The number of sulfonamides is 1. The van der Waals surface area contributed by atoms with E-state index in [4.69, 9.17) is 17.3 Å². The van der Waals surface area contributed by atoms with Crippen molar-refractivity contribution in [1.29, 1.82) is 0 Å². The lowest BCUT2D eigenvalue weighted by molar-refractivity contribution is 0.592. The van der Waals surface area contributed by atoms with Crippen LogP contribution in [0.1, 0.15) is 5.56 Å². The van der Waals surface area contributed by atoms with Crippen LogP contribution < -0.4 is 10.5 Å².